The smallest absolute Gasteiger partial charge is 0.422 e. The Hall–Kier alpha value is -2.64. The minimum absolute atomic E-state index is 0.439. The molecule has 0 fully saturated rings. The Balaban J connectivity index is 1.92. The van der Waals surface area contributed by atoms with Gasteiger partial charge in [-0.2, -0.15) is 18.3 Å². The van der Waals surface area contributed by atoms with Crippen molar-refractivity contribution in [2.45, 2.75) is 13.1 Å². The fourth-order valence-corrected chi connectivity index (χ4v) is 2.21. The second-order valence-corrected chi connectivity index (χ2v) is 4.97. The molecular formula is C15H11F4N3O. The molecule has 3 aromatic heterocycles. The minimum Gasteiger partial charge on any atom is -0.466 e. The normalized spacial score (nSPS) is 11.9. The summed E-state index contributed by atoms with van der Waals surface area (Å²) in [6.07, 6.45) is -1.63. The third-order valence-electron chi connectivity index (χ3n) is 3.19. The summed E-state index contributed by atoms with van der Waals surface area (Å²) >= 11 is 0. The van der Waals surface area contributed by atoms with E-state index < -0.39 is 24.5 Å². The number of hydrogen-bond donors (Lipinski definition) is 0. The SMILES string of the molecule is Cc1cc(-c2cnc(OCC(F)(F)F)c(F)c2)cc2ccnn12. The number of alkyl halides is 3. The highest BCUT2D eigenvalue weighted by molar-refractivity contribution is 5.69. The van der Waals surface area contributed by atoms with Gasteiger partial charge in [-0.1, -0.05) is 0 Å². The van der Waals surface area contributed by atoms with E-state index in [0.29, 0.717) is 11.1 Å². The van der Waals surface area contributed by atoms with Crippen LogP contribution in [0.5, 0.6) is 5.88 Å². The first-order valence-corrected chi connectivity index (χ1v) is 6.63. The topological polar surface area (TPSA) is 39.4 Å². The molecule has 0 N–H and O–H groups in total. The minimum atomic E-state index is -4.54. The average molecular weight is 325 g/mol. The van der Waals surface area contributed by atoms with Crippen molar-refractivity contribution in [3.63, 3.8) is 0 Å². The Morgan fingerprint density at radius 1 is 1.17 bits per heavy atom. The van der Waals surface area contributed by atoms with Gasteiger partial charge in [-0.15, -0.1) is 0 Å². The van der Waals surface area contributed by atoms with Gasteiger partial charge in [0, 0.05) is 23.7 Å². The highest BCUT2D eigenvalue weighted by Crippen LogP contribution is 2.26. The van der Waals surface area contributed by atoms with Crippen LogP contribution in [0.15, 0.2) is 36.7 Å². The van der Waals surface area contributed by atoms with Crippen LogP contribution >= 0.6 is 0 Å². The van der Waals surface area contributed by atoms with E-state index in [2.05, 4.69) is 14.8 Å². The van der Waals surface area contributed by atoms with Crippen molar-refractivity contribution in [1.29, 1.82) is 0 Å². The third-order valence-corrected chi connectivity index (χ3v) is 3.19. The number of pyridine rings is 2. The van der Waals surface area contributed by atoms with Gasteiger partial charge in [-0.3, -0.25) is 0 Å². The van der Waals surface area contributed by atoms with E-state index in [4.69, 9.17) is 0 Å². The maximum absolute atomic E-state index is 13.9. The van der Waals surface area contributed by atoms with Crippen LogP contribution in [0.2, 0.25) is 0 Å². The van der Waals surface area contributed by atoms with E-state index in [1.54, 1.807) is 28.9 Å². The predicted molar refractivity (Wildman–Crippen MR) is 74.7 cm³/mol. The molecule has 0 aliphatic carbocycles. The predicted octanol–water partition coefficient (Wildman–Crippen LogP) is 3.78. The summed E-state index contributed by atoms with van der Waals surface area (Å²) in [5.74, 6) is -1.62. The molecular weight excluding hydrogens is 314 g/mol. The first-order chi connectivity index (χ1) is 10.8. The molecule has 3 heterocycles. The van der Waals surface area contributed by atoms with Crippen LogP contribution in [0.1, 0.15) is 5.69 Å². The molecule has 0 amide bonds. The summed E-state index contributed by atoms with van der Waals surface area (Å²) < 4.78 is 56.2. The lowest BCUT2D eigenvalue weighted by Gasteiger charge is -2.10. The van der Waals surface area contributed by atoms with Gasteiger partial charge in [0.1, 0.15) is 0 Å². The highest BCUT2D eigenvalue weighted by Gasteiger charge is 2.29. The van der Waals surface area contributed by atoms with Crippen LogP contribution < -0.4 is 4.74 Å². The van der Waals surface area contributed by atoms with Gasteiger partial charge in [0.2, 0.25) is 0 Å². The average Bonchev–Trinajstić information content (AvgIpc) is 2.94. The summed E-state index contributed by atoms with van der Waals surface area (Å²) in [5.41, 5.74) is 2.77. The summed E-state index contributed by atoms with van der Waals surface area (Å²) in [6.45, 7) is 0.255. The molecule has 4 nitrogen and oxygen atoms in total. The number of ether oxygens (including phenoxy) is 1. The van der Waals surface area contributed by atoms with Crippen LogP contribution in [0, 0.1) is 12.7 Å². The van der Waals surface area contributed by atoms with Gasteiger partial charge < -0.3 is 4.74 Å². The third kappa shape index (κ3) is 3.25. The molecule has 0 aliphatic heterocycles. The number of aromatic nitrogens is 3. The first-order valence-electron chi connectivity index (χ1n) is 6.63. The van der Waals surface area contributed by atoms with Crippen molar-refractivity contribution in [3.8, 4) is 17.0 Å². The Morgan fingerprint density at radius 3 is 2.65 bits per heavy atom. The second-order valence-electron chi connectivity index (χ2n) is 4.97. The van der Waals surface area contributed by atoms with E-state index in [9.17, 15) is 17.6 Å². The fraction of sp³-hybridized carbons (Fsp3) is 0.200. The van der Waals surface area contributed by atoms with Gasteiger partial charge >= 0.3 is 6.18 Å². The number of halogens is 4. The Morgan fingerprint density at radius 2 is 1.96 bits per heavy atom. The molecule has 8 heteroatoms. The molecule has 0 radical (unpaired) electrons. The quantitative estimate of drug-likeness (QED) is 0.688. The molecule has 3 aromatic rings. The van der Waals surface area contributed by atoms with Crippen molar-refractivity contribution in [3.05, 3.63) is 48.2 Å². The monoisotopic (exact) mass is 325 g/mol. The number of fused-ring (bicyclic) bond motifs is 1. The van der Waals surface area contributed by atoms with Crippen LogP contribution in [-0.4, -0.2) is 27.4 Å². The molecule has 0 saturated heterocycles. The van der Waals surface area contributed by atoms with E-state index in [1.807, 2.05) is 6.92 Å². The van der Waals surface area contributed by atoms with Crippen LogP contribution in [0.3, 0.4) is 0 Å². The number of nitrogens with zero attached hydrogens (tertiary/aromatic N) is 3. The molecule has 0 aliphatic rings. The Kier molecular flexibility index (Phi) is 3.67. The zero-order valence-electron chi connectivity index (χ0n) is 11.9. The summed E-state index contributed by atoms with van der Waals surface area (Å²) in [4.78, 5) is 3.64. The zero-order chi connectivity index (χ0) is 16.6. The standard InChI is InChI=1S/C15H11F4N3O/c1-9-4-10(5-12-2-3-21-22(9)12)11-6-13(16)14(20-7-11)23-8-15(17,18)19/h2-7H,8H2,1H3. The first kappa shape index (κ1) is 15.3. The molecule has 0 saturated carbocycles. The van der Waals surface area contributed by atoms with E-state index >= 15 is 0 Å². The molecule has 3 rings (SSSR count). The summed E-state index contributed by atoms with van der Waals surface area (Å²) in [5, 5.41) is 4.13. The fourth-order valence-electron chi connectivity index (χ4n) is 2.21. The zero-order valence-corrected chi connectivity index (χ0v) is 11.9. The number of hydrogen-bond acceptors (Lipinski definition) is 3. The summed E-state index contributed by atoms with van der Waals surface area (Å²) in [6, 6.07) is 6.46. The van der Waals surface area contributed by atoms with E-state index in [1.165, 1.54) is 6.20 Å². The maximum atomic E-state index is 13.9. The molecule has 0 aromatic carbocycles. The van der Waals surface area contributed by atoms with Crippen LogP contribution in [0.25, 0.3) is 16.6 Å². The molecule has 0 bridgehead atoms. The van der Waals surface area contributed by atoms with Gasteiger partial charge in [-0.25, -0.2) is 13.9 Å². The lowest BCUT2D eigenvalue weighted by Crippen LogP contribution is -2.20. The number of rotatable bonds is 3. The van der Waals surface area contributed by atoms with Crippen molar-refractivity contribution < 1.29 is 22.3 Å². The lowest BCUT2D eigenvalue weighted by molar-refractivity contribution is -0.154. The van der Waals surface area contributed by atoms with Crippen molar-refractivity contribution >= 4 is 5.52 Å². The van der Waals surface area contributed by atoms with Gasteiger partial charge in [0.05, 0.1) is 5.52 Å². The summed E-state index contributed by atoms with van der Waals surface area (Å²) in [7, 11) is 0. The van der Waals surface area contributed by atoms with Crippen LogP contribution in [0.4, 0.5) is 17.6 Å². The van der Waals surface area contributed by atoms with Crippen LogP contribution in [-0.2, 0) is 0 Å². The van der Waals surface area contributed by atoms with Gasteiger partial charge in [0.15, 0.2) is 12.4 Å². The molecule has 120 valence electrons. The Bertz CT molecular complexity index is 858. The van der Waals surface area contributed by atoms with Crippen molar-refractivity contribution in [2.75, 3.05) is 6.61 Å². The lowest BCUT2D eigenvalue weighted by atomic mass is 10.1. The highest BCUT2D eigenvalue weighted by atomic mass is 19.4. The van der Waals surface area contributed by atoms with E-state index in [-0.39, 0.29) is 0 Å². The van der Waals surface area contributed by atoms with Crippen molar-refractivity contribution in [2.24, 2.45) is 0 Å². The Labute approximate surface area is 128 Å². The number of aryl methyl sites for hydroxylation is 1. The van der Waals surface area contributed by atoms with Gasteiger partial charge in [-0.05, 0) is 36.8 Å². The van der Waals surface area contributed by atoms with Crippen molar-refractivity contribution in [1.82, 2.24) is 14.6 Å². The second kappa shape index (κ2) is 5.53. The largest absolute Gasteiger partial charge is 0.466 e. The molecule has 0 spiro atoms. The maximum Gasteiger partial charge on any atom is 0.422 e. The molecule has 0 unspecified atom stereocenters. The molecule has 23 heavy (non-hydrogen) atoms. The van der Waals surface area contributed by atoms with Gasteiger partial charge in [0.25, 0.3) is 5.88 Å². The van der Waals surface area contributed by atoms with E-state index in [0.717, 1.165) is 17.3 Å². The molecule has 0 atom stereocenters.